The normalized spacial score (nSPS) is 14.9. The maximum absolute atomic E-state index is 13.1. The molecule has 11 N–H and O–H groups in total. The average Bonchev–Trinajstić information content (AvgIpc) is 1.17. The lowest BCUT2D eigenvalue weighted by molar-refractivity contribution is -0.138. The number of benzene rings is 3. The molecule has 12 heterocycles. The number of ether oxygens (including phenoxy) is 4. The molecule has 0 bridgehead atoms. The first-order chi connectivity index (χ1) is 50.1. The molecule has 17 rings (SSSR count). The second-order valence-corrected chi connectivity index (χ2v) is 24.7. The molecule has 3 aromatic carbocycles. The molecule has 29 nitrogen and oxygen atoms in total. The van der Waals surface area contributed by atoms with Crippen molar-refractivity contribution in [3.8, 4) is 17.2 Å². The Bertz CT molecular complexity index is 5130. The van der Waals surface area contributed by atoms with Crippen LogP contribution in [0.3, 0.4) is 0 Å². The van der Waals surface area contributed by atoms with Gasteiger partial charge in [0.25, 0.3) is 0 Å². The summed E-state index contributed by atoms with van der Waals surface area (Å²) in [6, 6.07) is 21.5. The van der Waals surface area contributed by atoms with E-state index in [1.165, 1.54) is 5.56 Å². The number of H-pyrrole nitrogens is 3. The lowest BCUT2D eigenvalue weighted by Crippen LogP contribution is -2.41. The Morgan fingerprint density at radius 3 is 1.59 bits per heavy atom. The molecule has 3 aliphatic heterocycles. The summed E-state index contributed by atoms with van der Waals surface area (Å²) in [7, 11) is 0. The number of fused-ring (bicyclic) bond motifs is 5. The van der Waals surface area contributed by atoms with E-state index in [1.54, 1.807) is 73.3 Å². The molecule has 12 aromatic rings. The predicted octanol–water partition coefficient (Wildman–Crippen LogP) is 13.9. The summed E-state index contributed by atoms with van der Waals surface area (Å²) in [6.07, 6.45) is 1.47. The third kappa shape index (κ3) is 17.5. The standard InChI is InChI=1S/C19H15BrN6O3.C17H17F3N4O2.C15H13F3N6O.C14H12F3N7/c20-13-9-22-18(24-11-3-4-14-10(6-11)2-1-5-28-14)25-16(13)23-12-7-15-17(21-8-12)26-19(27)29-15;18-17(19,20)12-9-21-16(24-15(12)22-10-2-3-10)23-11-4-5-13-14(8-11)26-7-1-6-25-13;16-15(17,18)11-5-21-14(24-13(11)22-10-6-25-7-10)23-9-3-8-1-2-19-12(8)20-4-9;15-14(16,17)9-6-18-13(21-12(9)19-7-1-2-7)20-8-3-4-10-11(5-8)23-24-22-10/h3-4,6-9H,1-2,5H2,(H,21,26,27)(H2,22,23,24,25);4-5,8-10H,1-3,6-7H2,(H2,21,22,23,24);1-5,10H,6-7H2,(H,19,20)(H2,21,22,23,24);3-7H,1-2H2,(H,22,23,24)(H2,18,19,20,21). The van der Waals surface area contributed by atoms with Gasteiger partial charge in [-0.1, -0.05) is 0 Å². The number of aromatic amines is 3. The highest BCUT2D eigenvalue weighted by atomic mass is 79.9. The van der Waals surface area contributed by atoms with Crippen LogP contribution in [0.2, 0.25) is 0 Å². The number of aromatic nitrogens is 15. The molecule has 0 atom stereocenters. The maximum atomic E-state index is 13.1. The van der Waals surface area contributed by atoms with Gasteiger partial charge in [0.2, 0.25) is 23.8 Å². The van der Waals surface area contributed by atoms with Crippen molar-refractivity contribution in [1.82, 2.24) is 75.2 Å². The first-order valence-electron chi connectivity index (χ1n) is 32.1. The molecule has 0 spiro atoms. The van der Waals surface area contributed by atoms with E-state index in [0.717, 1.165) is 87.0 Å². The van der Waals surface area contributed by atoms with Crippen LogP contribution in [0.5, 0.6) is 17.2 Å². The molecule has 538 valence electrons. The number of hydrogen-bond donors (Lipinski definition) is 11. The third-order valence-corrected chi connectivity index (χ3v) is 16.4. The first kappa shape index (κ1) is 69.2. The van der Waals surface area contributed by atoms with Crippen LogP contribution in [0.1, 0.15) is 60.8 Å². The van der Waals surface area contributed by atoms with E-state index in [1.807, 2.05) is 18.2 Å². The van der Waals surface area contributed by atoms with E-state index < -0.39 is 41.0 Å². The number of halogens is 10. The molecule has 104 heavy (non-hydrogen) atoms. The van der Waals surface area contributed by atoms with Crippen LogP contribution >= 0.6 is 15.9 Å². The largest absolute Gasteiger partial charge is 0.493 e. The second-order valence-electron chi connectivity index (χ2n) is 23.8. The topological polar surface area (TPSA) is 365 Å². The van der Waals surface area contributed by atoms with E-state index in [9.17, 15) is 44.3 Å². The van der Waals surface area contributed by atoms with E-state index >= 15 is 0 Å². The zero-order valence-electron chi connectivity index (χ0n) is 53.8. The van der Waals surface area contributed by atoms with Gasteiger partial charge in [0.05, 0.1) is 67.3 Å². The third-order valence-electron chi connectivity index (χ3n) is 15.8. The predicted molar refractivity (Wildman–Crippen MR) is 366 cm³/mol. The van der Waals surface area contributed by atoms with Crippen molar-refractivity contribution in [1.29, 1.82) is 0 Å². The number of anilines is 13. The zero-order valence-corrected chi connectivity index (χ0v) is 55.4. The Labute approximate surface area is 588 Å². The van der Waals surface area contributed by atoms with E-state index in [2.05, 4.69) is 140 Å². The van der Waals surface area contributed by atoms with Gasteiger partial charge in [-0.15, -0.1) is 0 Å². The van der Waals surface area contributed by atoms with Crippen LogP contribution in [-0.4, -0.2) is 126 Å². The Balaban J connectivity index is 0.000000117. The monoisotopic (exact) mass is 1510 g/mol. The van der Waals surface area contributed by atoms with Crippen molar-refractivity contribution >= 4 is 125 Å². The van der Waals surface area contributed by atoms with Gasteiger partial charge in [-0.25, -0.2) is 34.7 Å². The minimum Gasteiger partial charge on any atom is -0.493 e. The van der Waals surface area contributed by atoms with Gasteiger partial charge in [-0.05, 0) is 121 Å². The molecule has 9 aromatic heterocycles. The Morgan fingerprint density at radius 1 is 0.471 bits per heavy atom. The number of oxazole rings is 1. The average molecular weight is 1510 g/mol. The highest BCUT2D eigenvalue weighted by molar-refractivity contribution is 9.10. The molecule has 0 radical (unpaired) electrons. The molecule has 2 aliphatic carbocycles. The minimum absolute atomic E-state index is 0.0388. The summed E-state index contributed by atoms with van der Waals surface area (Å²) >= 11 is 3.44. The quantitative estimate of drug-likeness (QED) is 0.0400. The SMILES string of the molecule is FC(F)(F)c1cnc(Nc2ccc3c(c2)OCCCO3)nc1NC1CC1.FC(F)(F)c1cnc(Nc2ccc3n[nH]nc3c2)nc1NC1CC1.FC(F)(F)c1cnc(Nc2cnc3[nH]ccc3c2)nc1NC1COC1.O=c1[nH]c2ncc(Nc3nc(Nc4ccc5c(c4)CCCO5)ncc3Br)cc2o1. The number of alkyl halides is 9. The van der Waals surface area contributed by atoms with E-state index in [-0.39, 0.29) is 53.4 Å². The van der Waals surface area contributed by atoms with Crippen molar-refractivity contribution < 1.29 is 62.9 Å². The van der Waals surface area contributed by atoms with Crippen molar-refractivity contribution in [2.45, 2.75) is 81.6 Å². The molecular formula is C65H57BrF9N23O6. The summed E-state index contributed by atoms with van der Waals surface area (Å²) in [6.45, 7) is 2.58. The summed E-state index contributed by atoms with van der Waals surface area (Å²) in [4.78, 5) is 57.3. The van der Waals surface area contributed by atoms with Crippen molar-refractivity contribution in [3.05, 3.63) is 153 Å². The van der Waals surface area contributed by atoms with Crippen LogP contribution in [-0.2, 0) is 29.7 Å². The highest BCUT2D eigenvalue weighted by Crippen LogP contribution is 2.41. The summed E-state index contributed by atoms with van der Waals surface area (Å²) < 4.78 is 145. The van der Waals surface area contributed by atoms with Gasteiger partial charge in [-0.2, -0.15) is 74.9 Å². The van der Waals surface area contributed by atoms with Crippen molar-refractivity contribution in [2.75, 3.05) is 75.6 Å². The Morgan fingerprint density at radius 2 is 0.981 bits per heavy atom. The number of rotatable bonds is 16. The fourth-order valence-electron chi connectivity index (χ4n) is 10.3. The van der Waals surface area contributed by atoms with Crippen LogP contribution < -0.4 is 62.5 Å². The summed E-state index contributed by atoms with van der Waals surface area (Å²) in [5, 5.41) is 34.7. The molecule has 1 saturated heterocycles. The lowest BCUT2D eigenvalue weighted by atomic mass is 10.1. The molecule has 2 saturated carbocycles. The van der Waals surface area contributed by atoms with Gasteiger partial charge in [0.15, 0.2) is 22.7 Å². The van der Waals surface area contributed by atoms with E-state index in [4.69, 9.17) is 23.4 Å². The zero-order chi connectivity index (χ0) is 72.1. The number of nitrogens with one attached hydrogen (secondary N) is 11. The van der Waals surface area contributed by atoms with Gasteiger partial charge >= 0.3 is 24.3 Å². The minimum atomic E-state index is -4.54. The fraction of sp³-hybridized carbons (Fsp3) is 0.277. The van der Waals surface area contributed by atoms with E-state index in [0.29, 0.717) is 105 Å². The number of aryl methyl sites for hydroxylation is 1. The number of nitrogens with zero attached hydrogens (tertiary/aromatic N) is 12. The Hall–Kier alpha value is -11.9. The summed E-state index contributed by atoms with van der Waals surface area (Å²) in [5.74, 6) is 2.11. The van der Waals surface area contributed by atoms with Gasteiger partial charge in [0, 0.05) is 84.1 Å². The van der Waals surface area contributed by atoms with Gasteiger partial charge < -0.3 is 70.9 Å². The second kappa shape index (κ2) is 29.6. The van der Waals surface area contributed by atoms with Crippen LogP contribution in [0.4, 0.5) is 115 Å². The molecule has 0 unspecified atom stereocenters. The van der Waals surface area contributed by atoms with Crippen molar-refractivity contribution in [3.63, 3.8) is 0 Å². The van der Waals surface area contributed by atoms with Crippen LogP contribution in [0, 0.1) is 0 Å². The maximum Gasteiger partial charge on any atom is 0.421 e. The van der Waals surface area contributed by atoms with Crippen LogP contribution in [0.15, 0.2) is 130 Å². The molecular weight excluding hydrogens is 1450 g/mol. The smallest absolute Gasteiger partial charge is 0.421 e. The fourth-order valence-corrected chi connectivity index (χ4v) is 10.6. The van der Waals surface area contributed by atoms with Crippen molar-refractivity contribution in [2.24, 2.45) is 0 Å². The first-order valence-corrected chi connectivity index (χ1v) is 32.9. The van der Waals surface area contributed by atoms with Gasteiger partial charge in [0.1, 0.15) is 62.4 Å². The summed E-state index contributed by atoms with van der Waals surface area (Å²) in [5.41, 5.74) is 4.59. The Kier molecular flexibility index (Phi) is 19.7. The lowest BCUT2D eigenvalue weighted by Gasteiger charge is -2.28. The molecule has 0 amide bonds. The van der Waals surface area contributed by atoms with Gasteiger partial charge in [-0.3, -0.25) is 4.98 Å². The van der Waals surface area contributed by atoms with Crippen LogP contribution in [0.25, 0.3) is 33.3 Å². The molecule has 39 heteroatoms. The number of hydrogen-bond acceptors (Lipinski definition) is 26. The molecule has 5 aliphatic rings. The molecule has 3 fully saturated rings. The number of pyridine rings is 2. The highest BCUT2D eigenvalue weighted by Gasteiger charge is 2.39.